The van der Waals surface area contributed by atoms with E-state index in [1.54, 1.807) is 0 Å². The Labute approximate surface area is 101 Å². The molecule has 0 spiro atoms. The molecule has 0 aliphatic heterocycles. The fourth-order valence-electron chi connectivity index (χ4n) is 1.31. The summed E-state index contributed by atoms with van der Waals surface area (Å²) < 4.78 is 10.4. The number of hydrogen-bond donors (Lipinski definition) is 1. The first-order valence-corrected chi connectivity index (χ1v) is 5.59. The summed E-state index contributed by atoms with van der Waals surface area (Å²) in [4.78, 5) is 10.2. The molecule has 1 aromatic carbocycles. The van der Waals surface area contributed by atoms with Gasteiger partial charge in [0.1, 0.15) is 12.4 Å². The van der Waals surface area contributed by atoms with E-state index in [1.165, 1.54) is 11.1 Å². The maximum Gasteiger partial charge on any atom is 0.329 e. The third-order valence-electron chi connectivity index (χ3n) is 2.41. The van der Waals surface area contributed by atoms with E-state index in [0.717, 1.165) is 5.75 Å². The predicted molar refractivity (Wildman–Crippen MR) is 64.5 cm³/mol. The monoisotopic (exact) mass is 238 g/mol. The van der Waals surface area contributed by atoms with Crippen molar-refractivity contribution in [1.82, 2.24) is 0 Å². The molecule has 1 rings (SSSR count). The second-order valence-electron chi connectivity index (χ2n) is 3.89. The lowest BCUT2D eigenvalue weighted by Crippen LogP contribution is -2.09. The van der Waals surface area contributed by atoms with Crippen LogP contribution in [-0.2, 0) is 9.53 Å². The molecule has 0 atom stereocenters. The van der Waals surface area contributed by atoms with Crippen molar-refractivity contribution < 1.29 is 19.4 Å². The summed E-state index contributed by atoms with van der Waals surface area (Å²) >= 11 is 0. The van der Waals surface area contributed by atoms with Crippen LogP contribution in [0.1, 0.15) is 17.5 Å². The van der Waals surface area contributed by atoms with Gasteiger partial charge in [-0.05, 0) is 37.1 Å². The van der Waals surface area contributed by atoms with E-state index < -0.39 is 5.97 Å². The number of rotatable bonds is 7. The fourth-order valence-corrected chi connectivity index (χ4v) is 1.31. The first kappa shape index (κ1) is 13.5. The zero-order valence-corrected chi connectivity index (χ0v) is 10.2. The van der Waals surface area contributed by atoms with E-state index in [9.17, 15) is 4.79 Å². The molecule has 0 radical (unpaired) electrons. The number of aliphatic carboxylic acids is 1. The maximum atomic E-state index is 10.2. The third kappa shape index (κ3) is 5.36. The second kappa shape index (κ2) is 6.91. The van der Waals surface area contributed by atoms with Crippen LogP contribution in [0, 0.1) is 13.8 Å². The predicted octanol–water partition coefficient (Wildman–Crippen LogP) is 2.17. The highest BCUT2D eigenvalue weighted by Crippen LogP contribution is 2.16. The van der Waals surface area contributed by atoms with Crippen LogP contribution in [0.5, 0.6) is 5.75 Å². The Bertz CT molecular complexity index is 374. The van der Waals surface area contributed by atoms with Crippen LogP contribution in [0.4, 0.5) is 0 Å². The SMILES string of the molecule is Cc1ccc(OCCCOCC(=O)O)cc1C. The molecule has 0 heterocycles. The van der Waals surface area contributed by atoms with Gasteiger partial charge in [0.2, 0.25) is 0 Å². The summed E-state index contributed by atoms with van der Waals surface area (Å²) in [5.41, 5.74) is 2.44. The summed E-state index contributed by atoms with van der Waals surface area (Å²) in [6.45, 7) is 4.78. The molecule has 4 nitrogen and oxygen atoms in total. The van der Waals surface area contributed by atoms with Crippen LogP contribution in [0.25, 0.3) is 0 Å². The van der Waals surface area contributed by atoms with Crippen molar-refractivity contribution in [1.29, 1.82) is 0 Å². The number of aryl methyl sites for hydroxylation is 2. The number of carbonyl (C=O) groups is 1. The van der Waals surface area contributed by atoms with Gasteiger partial charge in [-0.15, -0.1) is 0 Å². The first-order chi connectivity index (χ1) is 8.09. The normalized spacial score (nSPS) is 10.2. The number of ether oxygens (including phenoxy) is 2. The highest BCUT2D eigenvalue weighted by Gasteiger charge is 1.98. The molecule has 1 aromatic rings. The quantitative estimate of drug-likeness (QED) is 0.740. The number of benzene rings is 1. The van der Waals surface area contributed by atoms with Crippen molar-refractivity contribution >= 4 is 5.97 Å². The van der Waals surface area contributed by atoms with E-state index in [4.69, 9.17) is 14.6 Å². The van der Waals surface area contributed by atoms with Crippen LogP contribution in [0.2, 0.25) is 0 Å². The van der Waals surface area contributed by atoms with Gasteiger partial charge in [0, 0.05) is 6.42 Å². The largest absolute Gasteiger partial charge is 0.493 e. The summed E-state index contributed by atoms with van der Waals surface area (Å²) in [7, 11) is 0. The van der Waals surface area contributed by atoms with Gasteiger partial charge in [0.15, 0.2) is 0 Å². The molecule has 0 aliphatic carbocycles. The molecule has 94 valence electrons. The van der Waals surface area contributed by atoms with Gasteiger partial charge in [0.05, 0.1) is 13.2 Å². The first-order valence-electron chi connectivity index (χ1n) is 5.59. The van der Waals surface area contributed by atoms with E-state index in [0.29, 0.717) is 19.6 Å². The summed E-state index contributed by atoms with van der Waals surface area (Å²) in [5, 5.41) is 8.35. The molecule has 0 saturated heterocycles. The summed E-state index contributed by atoms with van der Waals surface area (Å²) in [5.74, 6) is -0.105. The molecule has 1 N–H and O–H groups in total. The highest BCUT2D eigenvalue weighted by molar-refractivity contribution is 5.67. The standard InChI is InChI=1S/C13H18O4/c1-10-4-5-12(8-11(10)2)17-7-3-6-16-9-13(14)15/h4-5,8H,3,6-7,9H2,1-2H3,(H,14,15). The van der Waals surface area contributed by atoms with Crippen LogP contribution < -0.4 is 4.74 Å². The zero-order valence-electron chi connectivity index (χ0n) is 10.2. The molecular formula is C13H18O4. The van der Waals surface area contributed by atoms with Gasteiger partial charge in [-0.3, -0.25) is 0 Å². The van der Waals surface area contributed by atoms with Gasteiger partial charge in [-0.1, -0.05) is 6.07 Å². The molecule has 0 unspecified atom stereocenters. The summed E-state index contributed by atoms with van der Waals surface area (Å²) in [6, 6.07) is 5.94. The zero-order chi connectivity index (χ0) is 12.7. The second-order valence-corrected chi connectivity index (χ2v) is 3.89. The number of carboxylic acid groups (broad SMARTS) is 1. The number of carboxylic acids is 1. The Balaban J connectivity index is 2.18. The van der Waals surface area contributed by atoms with Crippen LogP contribution in [0.3, 0.4) is 0 Å². The van der Waals surface area contributed by atoms with Crippen LogP contribution in [-0.4, -0.2) is 30.9 Å². The Kier molecular flexibility index (Phi) is 5.49. The molecule has 0 amide bonds. The van der Waals surface area contributed by atoms with E-state index in [2.05, 4.69) is 6.92 Å². The molecule has 0 aromatic heterocycles. The van der Waals surface area contributed by atoms with Gasteiger partial charge in [-0.25, -0.2) is 4.79 Å². The highest BCUT2D eigenvalue weighted by atomic mass is 16.5. The summed E-state index contributed by atoms with van der Waals surface area (Å²) in [6.07, 6.45) is 0.681. The van der Waals surface area contributed by atoms with Crippen molar-refractivity contribution in [2.45, 2.75) is 20.3 Å². The average Bonchev–Trinajstić information content (AvgIpc) is 2.27. The Morgan fingerprint density at radius 1 is 1.24 bits per heavy atom. The van der Waals surface area contributed by atoms with E-state index in [1.807, 2.05) is 25.1 Å². The minimum atomic E-state index is -0.944. The Morgan fingerprint density at radius 2 is 2.00 bits per heavy atom. The van der Waals surface area contributed by atoms with Gasteiger partial charge in [0.25, 0.3) is 0 Å². The maximum absolute atomic E-state index is 10.2. The number of hydrogen-bond acceptors (Lipinski definition) is 3. The molecule has 17 heavy (non-hydrogen) atoms. The lowest BCUT2D eigenvalue weighted by molar-refractivity contribution is -0.142. The van der Waals surface area contributed by atoms with Crippen molar-refractivity contribution in [2.75, 3.05) is 19.8 Å². The molecule has 0 saturated carbocycles. The molecule has 4 heteroatoms. The molecule has 0 fully saturated rings. The minimum absolute atomic E-state index is 0.246. The average molecular weight is 238 g/mol. The van der Waals surface area contributed by atoms with Crippen molar-refractivity contribution in [3.63, 3.8) is 0 Å². The molecule has 0 aliphatic rings. The lowest BCUT2D eigenvalue weighted by Gasteiger charge is -2.08. The van der Waals surface area contributed by atoms with Gasteiger partial charge in [-0.2, -0.15) is 0 Å². The van der Waals surface area contributed by atoms with Gasteiger partial charge < -0.3 is 14.6 Å². The molecule has 0 bridgehead atoms. The van der Waals surface area contributed by atoms with E-state index in [-0.39, 0.29) is 6.61 Å². The van der Waals surface area contributed by atoms with Gasteiger partial charge >= 0.3 is 5.97 Å². The Hall–Kier alpha value is -1.55. The topological polar surface area (TPSA) is 55.8 Å². The van der Waals surface area contributed by atoms with E-state index >= 15 is 0 Å². The lowest BCUT2D eigenvalue weighted by atomic mass is 10.1. The molecular weight excluding hydrogens is 220 g/mol. The third-order valence-corrected chi connectivity index (χ3v) is 2.41. The van der Waals surface area contributed by atoms with Crippen LogP contribution in [0.15, 0.2) is 18.2 Å². The van der Waals surface area contributed by atoms with Crippen molar-refractivity contribution in [3.05, 3.63) is 29.3 Å². The van der Waals surface area contributed by atoms with Crippen molar-refractivity contribution in [2.24, 2.45) is 0 Å². The smallest absolute Gasteiger partial charge is 0.329 e. The fraction of sp³-hybridized carbons (Fsp3) is 0.462. The van der Waals surface area contributed by atoms with Crippen LogP contribution >= 0.6 is 0 Å². The van der Waals surface area contributed by atoms with Crippen molar-refractivity contribution in [3.8, 4) is 5.75 Å². The minimum Gasteiger partial charge on any atom is -0.493 e. The Morgan fingerprint density at radius 3 is 2.65 bits per heavy atom.